The molecule has 0 radical (unpaired) electrons. The molecule has 1 aliphatic carbocycles. The average Bonchev–Trinajstić information content (AvgIpc) is 2.37. The van der Waals surface area contributed by atoms with Gasteiger partial charge in [0.2, 0.25) is 0 Å². The van der Waals surface area contributed by atoms with Crippen LogP contribution in [-0.4, -0.2) is 6.04 Å². The average molecular weight is 269 g/mol. The van der Waals surface area contributed by atoms with Gasteiger partial charge in [0.15, 0.2) is 0 Å². The highest BCUT2D eigenvalue weighted by Crippen LogP contribution is 2.29. The third kappa shape index (κ3) is 3.61. The summed E-state index contributed by atoms with van der Waals surface area (Å²) in [5.74, 6) is 0.655. The number of benzene rings is 1. The highest BCUT2D eigenvalue weighted by Gasteiger charge is 2.29. The Hall–Kier alpha value is -1.75. The fourth-order valence-electron chi connectivity index (χ4n) is 1.75. The van der Waals surface area contributed by atoms with Crippen LogP contribution < -0.4 is 5.73 Å². The molecule has 2 nitrogen and oxygen atoms in total. The zero-order chi connectivity index (χ0) is 13.9. The van der Waals surface area contributed by atoms with Gasteiger partial charge in [0.05, 0.1) is 11.6 Å². The summed E-state index contributed by atoms with van der Waals surface area (Å²) >= 11 is 0. The van der Waals surface area contributed by atoms with E-state index in [1.165, 1.54) is 12.1 Å². The van der Waals surface area contributed by atoms with Gasteiger partial charge >= 0.3 is 6.18 Å². The van der Waals surface area contributed by atoms with Crippen molar-refractivity contribution in [1.82, 2.24) is 0 Å². The fraction of sp³-hybridized carbons (Fsp3) is 0.286. The highest BCUT2D eigenvalue weighted by atomic mass is 19.4. The van der Waals surface area contributed by atoms with E-state index >= 15 is 0 Å². The van der Waals surface area contributed by atoms with Crippen molar-refractivity contribution in [3.63, 3.8) is 0 Å². The van der Waals surface area contributed by atoms with Gasteiger partial charge in [-0.15, -0.1) is 0 Å². The maximum Gasteiger partial charge on any atom is 0.416 e. The van der Waals surface area contributed by atoms with Gasteiger partial charge in [0, 0.05) is 0 Å². The van der Waals surface area contributed by atoms with Crippen molar-refractivity contribution in [3.05, 3.63) is 59.4 Å². The van der Waals surface area contributed by atoms with Crippen LogP contribution in [0.15, 0.2) is 48.3 Å². The number of rotatable bonds is 3. The predicted molar refractivity (Wildman–Crippen MR) is 66.0 cm³/mol. The van der Waals surface area contributed by atoms with Gasteiger partial charge in [0.25, 0.3) is 0 Å². The summed E-state index contributed by atoms with van der Waals surface area (Å²) in [6.07, 6.45) is 2.10. The summed E-state index contributed by atoms with van der Waals surface area (Å²) in [4.78, 5) is 0. The number of nitrogens with two attached hydrogens (primary N) is 1. The first-order chi connectivity index (χ1) is 8.97. The van der Waals surface area contributed by atoms with E-state index in [0.717, 1.165) is 18.6 Å². The van der Waals surface area contributed by atoms with E-state index in [2.05, 4.69) is 0 Å². The molecular weight excluding hydrogens is 255 g/mol. The van der Waals surface area contributed by atoms with Gasteiger partial charge in [-0.25, -0.2) is 0 Å². The minimum Gasteiger partial charge on any atom is -0.492 e. The van der Waals surface area contributed by atoms with E-state index in [4.69, 9.17) is 10.5 Å². The lowest BCUT2D eigenvalue weighted by atomic mass is 10.1. The van der Waals surface area contributed by atoms with Crippen molar-refractivity contribution in [3.8, 4) is 0 Å². The lowest BCUT2D eigenvalue weighted by Crippen LogP contribution is -2.23. The monoisotopic (exact) mass is 269 g/mol. The summed E-state index contributed by atoms with van der Waals surface area (Å²) in [7, 11) is 0. The molecule has 2 N–H and O–H groups in total. The molecule has 0 spiro atoms. The molecule has 0 amide bonds. The van der Waals surface area contributed by atoms with E-state index in [1.54, 1.807) is 0 Å². The van der Waals surface area contributed by atoms with Crippen LogP contribution in [0.5, 0.6) is 0 Å². The molecule has 0 saturated heterocycles. The maximum atomic E-state index is 12.4. The molecular formula is C14H14F3NO. The van der Waals surface area contributed by atoms with Crippen molar-refractivity contribution in [2.24, 2.45) is 5.73 Å². The Morgan fingerprint density at radius 3 is 2.47 bits per heavy atom. The van der Waals surface area contributed by atoms with Crippen molar-refractivity contribution in [2.75, 3.05) is 0 Å². The number of alkyl halides is 3. The minimum absolute atomic E-state index is 0.214. The second-order valence-electron chi connectivity index (χ2n) is 4.28. The Bertz CT molecular complexity index is 488. The topological polar surface area (TPSA) is 35.2 Å². The number of hydrogen-bond acceptors (Lipinski definition) is 2. The third-order valence-corrected chi connectivity index (χ3v) is 2.81. The largest absolute Gasteiger partial charge is 0.492 e. The molecule has 0 aliphatic heterocycles. The summed E-state index contributed by atoms with van der Waals surface area (Å²) < 4.78 is 42.7. The van der Waals surface area contributed by atoms with Crippen molar-refractivity contribution >= 4 is 0 Å². The molecule has 0 heterocycles. The van der Waals surface area contributed by atoms with Crippen molar-refractivity contribution < 1.29 is 17.9 Å². The van der Waals surface area contributed by atoms with Crippen LogP contribution >= 0.6 is 0 Å². The first-order valence-corrected chi connectivity index (χ1v) is 5.88. The van der Waals surface area contributed by atoms with Gasteiger partial charge in [-0.05, 0) is 30.2 Å². The van der Waals surface area contributed by atoms with Crippen LogP contribution in [0, 0.1) is 0 Å². The Morgan fingerprint density at radius 1 is 1.21 bits per heavy atom. The molecule has 1 aromatic carbocycles. The normalized spacial score (nSPS) is 19.2. The molecule has 0 saturated carbocycles. The maximum absolute atomic E-state index is 12.4. The second-order valence-corrected chi connectivity index (χ2v) is 4.28. The summed E-state index contributed by atoms with van der Waals surface area (Å²) in [6, 6.07) is 4.64. The standard InChI is InChI=1S/C14H14F3NO/c15-14(16,17)11-7-5-10(6-8-11)9-19-13-4-2-1-3-12(13)18/h1,3-8,12H,2,9,18H2. The Labute approximate surface area is 109 Å². The molecule has 1 unspecified atom stereocenters. The molecule has 1 aliphatic rings. The zero-order valence-electron chi connectivity index (χ0n) is 10.2. The predicted octanol–water partition coefficient (Wildman–Crippen LogP) is 3.39. The summed E-state index contributed by atoms with van der Waals surface area (Å²) in [5, 5.41) is 0. The van der Waals surface area contributed by atoms with Crippen LogP contribution in [0.25, 0.3) is 0 Å². The van der Waals surface area contributed by atoms with E-state index in [0.29, 0.717) is 11.3 Å². The Kier molecular flexibility index (Phi) is 3.95. The van der Waals surface area contributed by atoms with Crippen LogP contribution in [0.1, 0.15) is 17.5 Å². The highest BCUT2D eigenvalue weighted by molar-refractivity contribution is 5.25. The molecule has 0 bridgehead atoms. The summed E-state index contributed by atoms with van der Waals surface area (Å²) in [6.45, 7) is 0.214. The molecule has 1 atom stereocenters. The Balaban J connectivity index is 1.95. The van der Waals surface area contributed by atoms with Crippen LogP contribution in [0.3, 0.4) is 0 Å². The molecule has 1 aromatic rings. The molecule has 5 heteroatoms. The van der Waals surface area contributed by atoms with Crippen LogP contribution in [0.2, 0.25) is 0 Å². The molecule has 0 aromatic heterocycles. The van der Waals surface area contributed by atoms with Crippen molar-refractivity contribution in [1.29, 1.82) is 0 Å². The van der Waals surface area contributed by atoms with Crippen molar-refractivity contribution in [2.45, 2.75) is 25.2 Å². The quantitative estimate of drug-likeness (QED) is 0.854. The van der Waals surface area contributed by atoms with Gasteiger partial charge in [-0.1, -0.05) is 24.3 Å². The van der Waals surface area contributed by atoms with Crippen LogP contribution in [-0.2, 0) is 17.5 Å². The fourth-order valence-corrected chi connectivity index (χ4v) is 1.75. The second kappa shape index (κ2) is 5.48. The van der Waals surface area contributed by atoms with E-state index in [9.17, 15) is 13.2 Å². The van der Waals surface area contributed by atoms with Gasteiger partial charge < -0.3 is 10.5 Å². The van der Waals surface area contributed by atoms with E-state index in [-0.39, 0.29) is 12.6 Å². The van der Waals surface area contributed by atoms with Gasteiger partial charge in [-0.2, -0.15) is 13.2 Å². The molecule has 2 rings (SSSR count). The molecule has 102 valence electrons. The van der Waals surface area contributed by atoms with Gasteiger partial charge in [0.1, 0.15) is 12.4 Å². The molecule has 19 heavy (non-hydrogen) atoms. The number of allylic oxidation sites excluding steroid dienone is 2. The SMILES string of the molecule is NC1C=CCC=C1OCc1ccc(C(F)(F)F)cc1. The minimum atomic E-state index is -4.31. The smallest absolute Gasteiger partial charge is 0.416 e. The van der Waals surface area contributed by atoms with E-state index < -0.39 is 11.7 Å². The van der Waals surface area contributed by atoms with Crippen LogP contribution in [0.4, 0.5) is 13.2 Å². The summed E-state index contributed by atoms with van der Waals surface area (Å²) in [5.41, 5.74) is 5.81. The number of ether oxygens (including phenoxy) is 1. The number of halogens is 3. The lowest BCUT2D eigenvalue weighted by Gasteiger charge is -2.17. The first-order valence-electron chi connectivity index (χ1n) is 5.88. The van der Waals surface area contributed by atoms with Gasteiger partial charge in [-0.3, -0.25) is 0 Å². The van der Waals surface area contributed by atoms with E-state index in [1.807, 2.05) is 18.2 Å². The third-order valence-electron chi connectivity index (χ3n) is 2.81. The number of hydrogen-bond donors (Lipinski definition) is 1. The first kappa shape index (κ1) is 13.7. The lowest BCUT2D eigenvalue weighted by molar-refractivity contribution is -0.137. The zero-order valence-corrected chi connectivity index (χ0v) is 10.2. The Morgan fingerprint density at radius 2 is 1.89 bits per heavy atom. The molecule has 0 fully saturated rings.